The van der Waals surface area contributed by atoms with Crippen molar-refractivity contribution in [2.45, 2.75) is 6.92 Å². The summed E-state index contributed by atoms with van der Waals surface area (Å²) in [6, 6.07) is 2.46. The van der Waals surface area contributed by atoms with Crippen LogP contribution in [0, 0.1) is 6.92 Å². The zero-order valence-corrected chi connectivity index (χ0v) is 12.0. The van der Waals surface area contributed by atoms with Crippen molar-refractivity contribution in [3.05, 3.63) is 28.8 Å². The summed E-state index contributed by atoms with van der Waals surface area (Å²) in [6.45, 7) is 1.44. The van der Waals surface area contributed by atoms with Gasteiger partial charge < -0.3 is 5.11 Å². The predicted molar refractivity (Wildman–Crippen MR) is 73.0 cm³/mol. The van der Waals surface area contributed by atoms with Crippen LogP contribution in [0.15, 0.2) is 12.1 Å². The first-order valence-electron chi connectivity index (χ1n) is 5.42. The fraction of sp³-hybridized carbons (Fsp3) is 0.273. The van der Waals surface area contributed by atoms with Crippen molar-refractivity contribution < 1.29 is 23.1 Å². The van der Waals surface area contributed by atoms with E-state index in [4.69, 9.17) is 10.9 Å². The van der Waals surface area contributed by atoms with Crippen molar-refractivity contribution in [3.8, 4) is 0 Å². The Balaban J connectivity index is 3.60. The van der Waals surface area contributed by atoms with E-state index in [1.54, 1.807) is 0 Å². The number of nitrogens with zero attached hydrogens (tertiary/aromatic N) is 1. The van der Waals surface area contributed by atoms with Crippen molar-refractivity contribution >= 4 is 27.6 Å². The van der Waals surface area contributed by atoms with Crippen LogP contribution >= 0.6 is 0 Å². The van der Waals surface area contributed by atoms with E-state index in [9.17, 15) is 18.0 Å². The maximum atomic E-state index is 11.6. The van der Waals surface area contributed by atoms with E-state index in [0.717, 1.165) is 10.6 Å². The van der Waals surface area contributed by atoms with Crippen molar-refractivity contribution in [3.63, 3.8) is 0 Å². The predicted octanol–water partition coefficient (Wildman–Crippen LogP) is -0.307. The van der Waals surface area contributed by atoms with Crippen LogP contribution in [0.1, 0.15) is 26.3 Å². The smallest absolute Gasteiger partial charge is 0.336 e. The zero-order valence-electron chi connectivity index (χ0n) is 11.2. The molecule has 0 saturated carbocycles. The highest BCUT2D eigenvalue weighted by Crippen LogP contribution is 2.24. The normalized spacial score (nSPS) is 11.0. The van der Waals surface area contributed by atoms with Crippen molar-refractivity contribution in [1.82, 2.24) is 5.43 Å². The van der Waals surface area contributed by atoms with Crippen LogP contribution in [-0.4, -0.2) is 38.7 Å². The molecule has 9 heteroatoms. The second-order valence-electron chi connectivity index (χ2n) is 4.17. The van der Waals surface area contributed by atoms with Crippen LogP contribution in [0.25, 0.3) is 0 Å². The summed E-state index contributed by atoms with van der Waals surface area (Å²) in [6.07, 6.45) is 0.968. The van der Waals surface area contributed by atoms with Gasteiger partial charge in [0.05, 0.1) is 17.5 Å². The van der Waals surface area contributed by atoms with Crippen LogP contribution in [0.5, 0.6) is 0 Å². The molecule has 0 saturated heterocycles. The Morgan fingerprint density at radius 3 is 2.20 bits per heavy atom. The van der Waals surface area contributed by atoms with Crippen molar-refractivity contribution in [2.24, 2.45) is 5.84 Å². The van der Waals surface area contributed by atoms with E-state index in [1.807, 2.05) is 5.43 Å². The van der Waals surface area contributed by atoms with E-state index < -0.39 is 21.9 Å². The molecule has 110 valence electrons. The highest BCUT2D eigenvalue weighted by atomic mass is 32.2. The summed E-state index contributed by atoms with van der Waals surface area (Å²) in [5.41, 5.74) is 1.99. The summed E-state index contributed by atoms with van der Waals surface area (Å²) >= 11 is 0. The van der Waals surface area contributed by atoms with Gasteiger partial charge in [0, 0.05) is 12.6 Å². The van der Waals surface area contributed by atoms with Crippen LogP contribution in [-0.2, 0) is 10.0 Å². The van der Waals surface area contributed by atoms with E-state index >= 15 is 0 Å². The van der Waals surface area contributed by atoms with Gasteiger partial charge >= 0.3 is 5.97 Å². The van der Waals surface area contributed by atoms with Gasteiger partial charge in [-0.2, -0.15) is 0 Å². The summed E-state index contributed by atoms with van der Waals surface area (Å²) in [7, 11) is -2.32. The highest BCUT2D eigenvalue weighted by molar-refractivity contribution is 7.92. The number of sulfonamides is 1. The molecule has 0 aliphatic carbocycles. The summed E-state index contributed by atoms with van der Waals surface area (Å²) in [4.78, 5) is 22.8. The molecule has 1 rings (SSSR count). The molecule has 0 aromatic heterocycles. The zero-order chi connectivity index (χ0) is 15.7. The van der Waals surface area contributed by atoms with Gasteiger partial charge in [0.15, 0.2) is 0 Å². The molecule has 0 heterocycles. The van der Waals surface area contributed by atoms with Crippen LogP contribution in [0.4, 0.5) is 5.69 Å². The fourth-order valence-corrected chi connectivity index (χ4v) is 2.10. The molecule has 4 N–H and O–H groups in total. The lowest BCUT2D eigenvalue weighted by molar-refractivity contribution is 0.0696. The molecule has 0 fully saturated rings. The lowest BCUT2D eigenvalue weighted by Crippen LogP contribution is -2.32. The molecule has 0 bridgehead atoms. The molecule has 1 aromatic rings. The van der Waals surface area contributed by atoms with Gasteiger partial charge in [-0.25, -0.2) is 19.1 Å². The van der Waals surface area contributed by atoms with Crippen molar-refractivity contribution in [1.29, 1.82) is 0 Å². The average Bonchev–Trinajstić information content (AvgIpc) is 2.35. The molecule has 1 amide bonds. The van der Waals surface area contributed by atoms with Crippen LogP contribution in [0.3, 0.4) is 0 Å². The summed E-state index contributed by atoms with van der Waals surface area (Å²) in [5.74, 6) is 3.07. The minimum Gasteiger partial charge on any atom is -0.478 e. The first kappa shape index (κ1) is 15.9. The third-order valence-electron chi connectivity index (χ3n) is 2.86. The number of nitrogens with two attached hydrogens (primary N) is 1. The number of aromatic carboxylic acids is 1. The number of carboxylic acids is 1. The number of hydrogen-bond acceptors (Lipinski definition) is 5. The number of carbonyl (C=O) groups is 2. The summed E-state index contributed by atoms with van der Waals surface area (Å²) in [5, 5.41) is 9.12. The Kier molecular flexibility index (Phi) is 4.36. The van der Waals surface area contributed by atoms with Gasteiger partial charge in [0.1, 0.15) is 0 Å². The molecule has 0 spiro atoms. The fourth-order valence-electron chi connectivity index (χ4n) is 1.61. The lowest BCUT2D eigenvalue weighted by Gasteiger charge is -2.19. The second kappa shape index (κ2) is 5.47. The SMILES string of the molecule is Cc1c(C(=O)O)cc(N(C)S(C)(=O)=O)cc1C(=O)NN. The van der Waals surface area contributed by atoms with E-state index in [0.29, 0.717) is 0 Å². The van der Waals surface area contributed by atoms with E-state index in [-0.39, 0.29) is 22.4 Å². The first-order valence-corrected chi connectivity index (χ1v) is 7.27. The Morgan fingerprint density at radius 2 is 1.80 bits per heavy atom. The minimum atomic E-state index is -3.58. The Morgan fingerprint density at radius 1 is 1.30 bits per heavy atom. The molecule has 0 atom stereocenters. The van der Waals surface area contributed by atoms with Gasteiger partial charge in [0.25, 0.3) is 5.91 Å². The monoisotopic (exact) mass is 301 g/mol. The molecular weight excluding hydrogens is 286 g/mol. The molecule has 8 nitrogen and oxygen atoms in total. The van der Waals surface area contributed by atoms with Gasteiger partial charge in [-0.15, -0.1) is 0 Å². The van der Waals surface area contributed by atoms with E-state index in [2.05, 4.69) is 0 Å². The number of benzene rings is 1. The number of nitrogen functional groups attached to an aromatic ring is 1. The molecule has 0 unspecified atom stereocenters. The number of carbonyl (C=O) groups excluding carboxylic acids is 1. The van der Waals surface area contributed by atoms with Crippen molar-refractivity contribution in [2.75, 3.05) is 17.6 Å². The molecular formula is C11H15N3O5S. The average molecular weight is 301 g/mol. The number of hydrogen-bond donors (Lipinski definition) is 3. The second-order valence-corrected chi connectivity index (χ2v) is 6.19. The number of amides is 1. The molecule has 20 heavy (non-hydrogen) atoms. The largest absolute Gasteiger partial charge is 0.478 e. The maximum absolute atomic E-state index is 11.6. The topological polar surface area (TPSA) is 130 Å². The number of rotatable bonds is 4. The third-order valence-corrected chi connectivity index (χ3v) is 4.07. The Labute approximate surface area is 116 Å². The summed E-state index contributed by atoms with van der Waals surface area (Å²) < 4.78 is 23.9. The molecule has 0 aliphatic heterocycles. The number of nitrogens with one attached hydrogen (secondary N) is 1. The Bertz CT molecular complexity index is 669. The van der Waals surface area contributed by atoms with Crippen LogP contribution in [0.2, 0.25) is 0 Å². The van der Waals surface area contributed by atoms with Gasteiger partial charge in [0.2, 0.25) is 10.0 Å². The molecule has 0 aliphatic rings. The standard InChI is InChI=1S/C11H15N3O5S/c1-6-8(10(15)13-12)4-7(5-9(6)11(16)17)14(2)20(3,18)19/h4-5H,12H2,1-3H3,(H,13,15)(H,16,17). The highest BCUT2D eigenvalue weighted by Gasteiger charge is 2.21. The van der Waals surface area contributed by atoms with Gasteiger partial charge in [-0.05, 0) is 24.6 Å². The quantitative estimate of drug-likeness (QED) is 0.397. The number of anilines is 1. The number of hydrazine groups is 1. The molecule has 0 radical (unpaired) electrons. The number of carboxylic acid groups (broad SMARTS) is 1. The maximum Gasteiger partial charge on any atom is 0.336 e. The lowest BCUT2D eigenvalue weighted by atomic mass is 10.0. The van der Waals surface area contributed by atoms with Gasteiger partial charge in [-0.3, -0.25) is 14.5 Å². The molecule has 1 aromatic carbocycles. The first-order chi connectivity index (χ1) is 9.09. The van der Waals surface area contributed by atoms with Gasteiger partial charge in [-0.1, -0.05) is 0 Å². The third kappa shape index (κ3) is 3.06. The van der Waals surface area contributed by atoms with Crippen LogP contribution < -0.4 is 15.6 Å². The Hall–Kier alpha value is -2.13. The van der Waals surface area contributed by atoms with E-state index in [1.165, 1.54) is 26.1 Å². The minimum absolute atomic E-state index is 0.00194.